The van der Waals surface area contributed by atoms with Gasteiger partial charge in [-0.1, -0.05) is 6.92 Å². The Morgan fingerprint density at radius 3 is 3.08 bits per heavy atom. The molecule has 0 aliphatic heterocycles. The third-order valence-corrected chi connectivity index (χ3v) is 2.02. The van der Waals surface area contributed by atoms with Crippen molar-refractivity contribution in [3.8, 4) is 0 Å². The van der Waals surface area contributed by atoms with Crippen LogP contribution in [0.1, 0.15) is 13.3 Å². The quantitative estimate of drug-likeness (QED) is 0.739. The molecular weight excluding hydrogens is 186 g/mol. The summed E-state index contributed by atoms with van der Waals surface area (Å²) >= 11 is 5.62. The molecule has 1 heterocycles. The Kier molecular flexibility index (Phi) is 4.54. The van der Waals surface area contributed by atoms with Crippen LogP contribution in [-0.4, -0.2) is 22.6 Å². The fraction of sp³-hybridized carbons (Fsp3) is 0.556. The first-order valence-electron chi connectivity index (χ1n) is 4.40. The number of nitrogens with zero attached hydrogens (tertiary/aromatic N) is 2. The van der Waals surface area contributed by atoms with Crippen LogP contribution < -0.4 is 5.32 Å². The second-order valence-electron chi connectivity index (χ2n) is 3.07. The molecule has 0 saturated heterocycles. The van der Waals surface area contributed by atoms with Gasteiger partial charge in [0.15, 0.2) is 0 Å². The molecule has 1 aromatic rings. The molecule has 3 nitrogen and oxygen atoms in total. The first kappa shape index (κ1) is 10.3. The molecule has 0 spiro atoms. The maximum atomic E-state index is 5.62. The Morgan fingerprint density at radius 1 is 1.62 bits per heavy atom. The van der Waals surface area contributed by atoms with Crippen molar-refractivity contribution in [1.29, 1.82) is 0 Å². The Balaban J connectivity index is 2.27. The lowest BCUT2D eigenvalue weighted by molar-refractivity contribution is 0.595. The van der Waals surface area contributed by atoms with Gasteiger partial charge in [0.2, 0.25) is 0 Å². The molecule has 0 bridgehead atoms. The van der Waals surface area contributed by atoms with Gasteiger partial charge in [0.1, 0.15) is 5.82 Å². The fourth-order valence-electron chi connectivity index (χ4n) is 0.963. The van der Waals surface area contributed by atoms with E-state index in [0.717, 1.165) is 18.8 Å². The summed E-state index contributed by atoms with van der Waals surface area (Å²) in [7, 11) is 0. The molecule has 4 heteroatoms. The minimum atomic E-state index is 0.569. The second-order valence-corrected chi connectivity index (χ2v) is 3.45. The molecule has 0 saturated carbocycles. The van der Waals surface area contributed by atoms with Gasteiger partial charge < -0.3 is 5.32 Å². The highest BCUT2D eigenvalue weighted by Gasteiger charge is 2.00. The monoisotopic (exact) mass is 199 g/mol. The zero-order chi connectivity index (χ0) is 9.52. The summed E-state index contributed by atoms with van der Waals surface area (Å²) in [5.74, 6) is 2.10. The average molecular weight is 200 g/mol. The van der Waals surface area contributed by atoms with Crippen molar-refractivity contribution < 1.29 is 0 Å². The van der Waals surface area contributed by atoms with E-state index in [1.54, 1.807) is 6.20 Å². The summed E-state index contributed by atoms with van der Waals surface area (Å²) in [6.07, 6.45) is 2.68. The number of rotatable bonds is 5. The van der Waals surface area contributed by atoms with Crippen LogP contribution >= 0.6 is 11.6 Å². The highest BCUT2D eigenvalue weighted by molar-refractivity contribution is 6.17. The van der Waals surface area contributed by atoms with Crippen molar-refractivity contribution in [3.05, 3.63) is 18.3 Å². The van der Waals surface area contributed by atoms with Crippen molar-refractivity contribution in [2.75, 3.05) is 17.7 Å². The van der Waals surface area contributed by atoms with E-state index >= 15 is 0 Å². The molecule has 1 aromatic heterocycles. The highest BCUT2D eigenvalue weighted by atomic mass is 35.5. The van der Waals surface area contributed by atoms with E-state index in [2.05, 4.69) is 22.4 Å². The van der Waals surface area contributed by atoms with E-state index in [1.165, 1.54) is 0 Å². The molecule has 1 atom stereocenters. The van der Waals surface area contributed by atoms with E-state index in [4.69, 9.17) is 11.6 Å². The standard InChI is InChI=1S/C9H14ClN3/c1-8(4-5-10)7-11-9-3-2-6-12-13-9/h2-3,6,8H,4-5,7H2,1H3,(H,11,13). The summed E-state index contributed by atoms with van der Waals surface area (Å²) in [4.78, 5) is 0. The van der Waals surface area contributed by atoms with Crippen LogP contribution in [0.5, 0.6) is 0 Å². The van der Waals surface area contributed by atoms with Gasteiger partial charge in [0, 0.05) is 18.6 Å². The molecule has 1 unspecified atom stereocenters. The molecule has 0 aliphatic rings. The second kappa shape index (κ2) is 5.75. The van der Waals surface area contributed by atoms with Gasteiger partial charge in [0.25, 0.3) is 0 Å². The predicted molar refractivity (Wildman–Crippen MR) is 55.0 cm³/mol. The maximum Gasteiger partial charge on any atom is 0.148 e. The fourth-order valence-corrected chi connectivity index (χ4v) is 1.34. The lowest BCUT2D eigenvalue weighted by Gasteiger charge is -2.10. The van der Waals surface area contributed by atoms with Crippen LogP contribution in [0.15, 0.2) is 18.3 Å². The van der Waals surface area contributed by atoms with Gasteiger partial charge in [-0.2, -0.15) is 5.10 Å². The molecular formula is C9H14ClN3. The molecule has 0 fully saturated rings. The SMILES string of the molecule is CC(CCCl)CNc1cccnn1. The third-order valence-electron chi connectivity index (χ3n) is 1.81. The number of hydrogen-bond donors (Lipinski definition) is 1. The van der Waals surface area contributed by atoms with E-state index in [-0.39, 0.29) is 0 Å². The lowest BCUT2D eigenvalue weighted by Crippen LogP contribution is -2.12. The molecule has 1 N–H and O–H groups in total. The zero-order valence-electron chi connectivity index (χ0n) is 7.70. The van der Waals surface area contributed by atoms with E-state index in [0.29, 0.717) is 11.8 Å². The lowest BCUT2D eigenvalue weighted by atomic mass is 10.1. The Morgan fingerprint density at radius 2 is 2.46 bits per heavy atom. The van der Waals surface area contributed by atoms with Crippen LogP contribution in [0.4, 0.5) is 5.82 Å². The minimum Gasteiger partial charge on any atom is -0.368 e. The maximum absolute atomic E-state index is 5.62. The molecule has 72 valence electrons. The number of nitrogens with one attached hydrogen (secondary N) is 1. The van der Waals surface area contributed by atoms with Crippen molar-refractivity contribution in [2.24, 2.45) is 5.92 Å². The van der Waals surface area contributed by atoms with Crippen molar-refractivity contribution in [2.45, 2.75) is 13.3 Å². The van der Waals surface area contributed by atoms with Crippen molar-refractivity contribution in [3.63, 3.8) is 0 Å². The molecule has 0 aliphatic carbocycles. The summed E-state index contributed by atoms with van der Waals surface area (Å²) < 4.78 is 0. The summed E-state index contributed by atoms with van der Waals surface area (Å²) in [5.41, 5.74) is 0. The predicted octanol–water partition coefficient (Wildman–Crippen LogP) is 2.15. The summed E-state index contributed by atoms with van der Waals surface area (Å²) in [6, 6.07) is 3.77. The molecule has 0 amide bonds. The molecule has 0 aromatic carbocycles. The number of anilines is 1. The van der Waals surface area contributed by atoms with Crippen LogP contribution in [0, 0.1) is 5.92 Å². The molecule has 1 rings (SSSR count). The zero-order valence-corrected chi connectivity index (χ0v) is 8.46. The van der Waals surface area contributed by atoms with Gasteiger partial charge in [-0.3, -0.25) is 0 Å². The highest BCUT2D eigenvalue weighted by Crippen LogP contribution is 2.05. The first-order chi connectivity index (χ1) is 6.33. The van der Waals surface area contributed by atoms with E-state index in [9.17, 15) is 0 Å². The van der Waals surface area contributed by atoms with Crippen molar-refractivity contribution in [1.82, 2.24) is 10.2 Å². The number of hydrogen-bond acceptors (Lipinski definition) is 3. The van der Waals surface area contributed by atoms with Gasteiger partial charge in [-0.15, -0.1) is 16.7 Å². The van der Waals surface area contributed by atoms with Gasteiger partial charge >= 0.3 is 0 Å². The average Bonchev–Trinajstić information content (AvgIpc) is 2.17. The minimum absolute atomic E-state index is 0.569. The molecule has 0 radical (unpaired) electrons. The van der Waals surface area contributed by atoms with Gasteiger partial charge in [0.05, 0.1) is 0 Å². The molecule has 13 heavy (non-hydrogen) atoms. The summed E-state index contributed by atoms with van der Waals surface area (Å²) in [5, 5.41) is 10.9. The number of aromatic nitrogens is 2. The van der Waals surface area contributed by atoms with Crippen LogP contribution in [0.3, 0.4) is 0 Å². The first-order valence-corrected chi connectivity index (χ1v) is 4.94. The Bertz CT molecular complexity index is 228. The largest absolute Gasteiger partial charge is 0.368 e. The van der Waals surface area contributed by atoms with Gasteiger partial charge in [-0.05, 0) is 24.5 Å². The smallest absolute Gasteiger partial charge is 0.148 e. The number of halogens is 1. The normalized spacial score (nSPS) is 12.5. The third kappa shape index (κ3) is 4.08. The van der Waals surface area contributed by atoms with Crippen LogP contribution in [0.2, 0.25) is 0 Å². The van der Waals surface area contributed by atoms with Gasteiger partial charge in [-0.25, -0.2) is 0 Å². The van der Waals surface area contributed by atoms with Crippen molar-refractivity contribution >= 4 is 17.4 Å². The summed E-state index contributed by atoms with van der Waals surface area (Å²) in [6.45, 7) is 3.05. The van der Waals surface area contributed by atoms with E-state index < -0.39 is 0 Å². The number of alkyl halides is 1. The van der Waals surface area contributed by atoms with Crippen LogP contribution in [-0.2, 0) is 0 Å². The van der Waals surface area contributed by atoms with Crippen LogP contribution in [0.25, 0.3) is 0 Å². The Labute approximate surface area is 83.5 Å². The Hall–Kier alpha value is -0.830. The topological polar surface area (TPSA) is 37.8 Å². The van der Waals surface area contributed by atoms with E-state index in [1.807, 2.05) is 12.1 Å².